The van der Waals surface area contributed by atoms with Gasteiger partial charge in [0.2, 0.25) is 0 Å². The molecular weight excluding hydrogens is 266 g/mol. The second-order valence-electron chi connectivity index (χ2n) is 7.51. The van der Waals surface area contributed by atoms with Crippen LogP contribution in [0.25, 0.3) is 11.3 Å². The van der Waals surface area contributed by atoms with Crippen molar-refractivity contribution in [3.8, 4) is 11.3 Å². The van der Waals surface area contributed by atoms with Crippen molar-refractivity contribution in [1.82, 2.24) is 4.98 Å². The molecule has 0 atom stereocenters. The predicted octanol–water partition coefficient (Wildman–Crippen LogP) is 6.37. The van der Waals surface area contributed by atoms with Crippen molar-refractivity contribution in [2.75, 3.05) is 0 Å². The van der Waals surface area contributed by atoms with E-state index >= 15 is 0 Å². The average molecular weight is 297 g/mol. The Bertz CT molecular complexity index is 508. The number of hydrogen-bond donors (Lipinski definition) is 0. The van der Waals surface area contributed by atoms with Crippen LogP contribution in [-0.2, 0) is 10.8 Å². The third-order valence-electron chi connectivity index (χ3n) is 3.68. The lowest BCUT2D eigenvalue weighted by atomic mass is 9.86. The molecule has 2 aromatic rings. The Morgan fingerprint density at radius 2 is 1.09 bits per heavy atom. The Hall–Kier alpha value is -1.63. The minimum absolute atomic E-state index is 0.154. The average Bonchev–Trinajstić information content (AvgIpc) is 2.48. The van der Waals surface area contributed by atoms with E-state index in [0.717, 1.165) is 5.69 Å². The van der Waals surface area contributed by atoms with Gasteiger partial charge in [-0.3, -0.25) is 4.98 Å². The van der Waals surface area contributed by atoms with E-state index < -0.39 is 0 Å². The highest BCUT2D eigenvalue weighted by Crippen LogP contribution is 2.27. The first kappa shape index (κ1) is 18.4. The molecule has 0 aliphatic carbocycles. The second kappa shape index (κ2) is 7.09. The molecule has 0 amide bonds. The number of pyridine rings is 1. The zero-order valence-electron chi connectivity index (χ0n) is 15.5. The van der Waals surface area contributed by atoms with Crippen LogP contribution in [0.5, 0.6) is 0 Å². The number of aromatic nitrogens is 1. The van der Waals surface area contributed by atoms with Crippen molar-refractivity contribution >= 4 is 0 Å². The third kappa shape index (κ3) is 4.69. The van der Waals surface area contributed by atoms with Gasteiger partial charge in [-0.05, 0) is 28.0 Å². The zero-order valence-corrected chi connectivity index (χ0v) is 15.5. The molecule has 0 saturated carbocycles. The monoisotopic (exact) mass is 297 g/mol. The topological polar surface area (TPSA) is 12.9 Å². The molecule has 0 fully saturated rings. The first-order valence-electron chi connectivity index (χ1n) is 8.25. The molecule has 22 heavy (non-hydrogen) atoms. The lowest BCUT2D eigenvalue weighted by Gasteiger charge is -2.20. The molecule has 1 heteroatoms. The van der Waals surface area contributed by atoms with E-state index in [2.05, 4.69) is 82.9 Å². The Morgan fingerprint density at radius 1 is 0.636 bits per heavy atom. The van der Waals surface area contributed by atoms with Crippen LogP contribution in [0.2, 0.25) is 0 Å². The standard InChI is InChI=1S/C19H25N.C2H6/c1-18(2,3)15-9-7-14(8-10-15)17-12-11-16(13-20-17)19(4,5)6;1-2/h7-13H,1-6H3;1-2H3. The molecule has 1 aromatic carbocycles. The highest BCUT2D eigenvalue weighted by atomic mass is 14.7. The molecule has 1 heterocycles. The fourth-order valence-electron chi connectivity index (χ4n) is 2.15. The van der Waals surface area contributed by atoms with Gasteiger partial charge in [0.25, 0.3) is 0 Å². The van der Waals surface area contributed by atoms with E-state index in [1.807, 2.05) is 20.0 Å². The van der Waals surface area contributed by atoms with Crippen molar-refractivity contribution in [3.05, 3.63) is 53.7 Å². The largest absolute Gasteiger partial charge is 0.256 e. The minimum atomic E-state index is 0.154. The Labute approximate surface area is 136 Å². The summed E-state index contributed by atoms with van der Waals surface area (Å²) in [5, 5.41) is 0. The maximum atomic E-state index is 4.61. The molecule has 0 spiro atoms. The summed E-state index contributed by atoms with van der Waals surface area (Å²) in [7, 11) is 0. The van der Waals surface area contributed by atoms with E-state index in [0.29, 0.717) is 0 Å². The van der Waals surface area contributed by atoms with Gasteiger partial charge in [-0.15, -0.1) is 0 Å². The molecule has 0 N–H and O–H groups in total. The quantitative estimate of drug-likeness (QED) is 0.596. The Morgan fingerprint density at radius 3 is 1.45 bits per heavy atom. The molecule has 0 bridgehead atoms. The van der Waals surface area contributed by atoms with Crippen LogP contribution in [0.3, 0.4) is 0 Å². The molecule has 2 rings (SSSR count). The summed E-state index contributed by atoms with van der Waals surface area (Å²) >= 11 is 0. The number of hydrogen-bond acceptors (Lipinski definition) is 1. The number of benzene rings is 1. The molecule has 0 aliphatic heterocycles. The Kier molecular flexibility index (Phi) is 5.93. The SMILES string of the molecule is CC.CC(C)(C)c1ccc(-c2ccc(C(C)(C)C)cn2)cc1. The maximum Gasteiger partial charge on any atom is 0.0702 e. The summed E-state index contributed by atoms with van der Waals surface area (Å²) in [6.07, 6.45) is 1.99. The van der Waals surface area contributed by atoms with Crippen LogP contribution in [0, 0.1) is 0 Å². The van der Waals surface area contributed by atoms with Crippen molar-refractivity contribution in [3.63, 3.8) is 0 Å². The van der Waals surface area contributed by atoms with Gasteiger partial charge < -0.3 is 0 Å². The lowest BCUT2D eigenvalue weighted by molar-refractivity contribution is 0.587. The smallest absolute Gasteiger partial charge is 0.0702 e. The second-order valence-corrected chi connectivity index (χ2v) is 7.51. The van der Waals surface area contributed by atoms with Crippen LogP contribution in [0.1, 0.15) is 66.5 Å². The van der Waals surface area contributed by atoms with Gasteiger partial charge >= 0.3 is 0 Å². The fourth-order valence-corrected chi connectivity index (χ4v) is 2.15. The summed E-state index contributed by atoms with van der Waals surface area (Å²) in [4.78, 5) is 4.61. The van der Waals surface area contributed by atoms with Gasteiger partial charge in [0, 0.05) is 11.8 Å². The molecule has 1 nitrogen and oxygen atoms in total. The van der Waals surface area contributed by atoms with Gasteiger partial charge in [-0.2, -0.15) is 0 Å². The van der Waals surface area contributed by atoms with Crippen LogP contribution < -0.4 is 0 Å². The van der Waals surface area contributed by atoms with E-state index in [9.17, 15) is 0 Å². The summed E-state index contributed by atoms with van der Waals surface area (Å²) in [6.45, 7) is 17.3. The molecule has 0 radical (unpaired) electrons. The van der Waals surface area contributed by atoms with E-state index in [1.165, 1.54) is 16.7 Å². The molecular formula is C21H31N. The van der Waals surface area contributed by atoms with Gasteiger partial charge in [0.15, 0.2) is 0 Å². The minimum Gasteiger partial charge on any atom is -0.256 e. The first-order valence-corrected chi connectivity index (χ1v) is 8.25. The fraction of sp³-hybridized carbons (Fsp3) is 0.476. The van der Waals surface area contributed by atoms with Gasteiger partial charge in [-0.25, -0.2) is 0 Å². The summed E-state index contributed by atoms with van der Waals surface area (Å²) in [6, 6.07) is 13.0. The summed E-state index contributed by atoms with van der Waals surface area (Å²) in [5.41, 5.74) is 5.20. The summed E-state index contributed by atoms with van der Waals surface area (Å²) < 4.78 is 0. The van der Waals surface area contributed by atoms with Crippen molar-refractivity contribution in [1.29, 1.82) is 0 Å². The van der Waals surface area contributed by atoms with Gasteiger partial charge in [-0.1, -0.05) is 85.7 Å². The normalized spacial score (nSPS) is 11.6. The lowest BCUT2D eigenvalue weighted by Crippen LogP contribution is -2.11. The van der Waals surface area contributed by atoms with Gasteiger partial charge in [0.1, 0.15) is 0 Å². The van der Waals surface area contributed by atoms with Crippen LogP contribution in [-0.4, -0.2) is 4.98 Å². The predicted molar refractivity (Wildman–Crippen MR) is 98.4 cm³/mol. The van der Waals surface area contributed by atoms with E-state index in [-0.39, 0.29) is 10.8 Å². The molecule has 0 aliphatic rings. The van der Waals surface area contributed by atoms with Crippen molar-refractivity contribution < 1.29 is 0 Å². The third-order valence-corrected chi connectivity index (χ3v) is 3.68. The van der Waals surface area contributed by atoms with Gasteiger partial charge in [0.05, 0.1) is 5.69 Å². The summed E-state index contributed by atoms with van der Waals surface area (Å²) in [5.74, 6) is 0. The Balaban J connectivity index is 0.00000116. The highest BCUT2D eigenvalue weighted by Gasteiger charge is 2.15. The highest BCUT2D eigenvalue weighted by molar-refractivity contribution is 5.59. The zero-order chi connectivity index (χ0) is 17.0. The number of nitrogens with zero attached hydrogens (tertiary/aromatic N) is 1. The van der Waals surface area contributed by atoms with Crippen molar-refractivity contribution in [2.24, 2.45) is 0 Å². The van der Waals surface area contributed by atoms with E-state index in [1.54, 1.807) is 0 Å². The van der Waals surface area contributed by atoms with Crippen LogP contribution >= 0.6 is 0 Å². The molecule has 0 saturated heterocycles. The van der Waals surface area contributed by atoms with Crippen LogP contribution in [0.4, 0.5) is 0 Å². The maximum absolute atomic E-state index is 4.61. The van der Waals surface area contributed by atoms with Crippen LogP contribution in [0.15, 0.2) is 42.6 Å². The van der Waals surface area contributed by atoms with E-state index in [4.69, 9.17) is 0 Å². The van der Waals surface area contributed by atoms with Crippen molar-refractivity contribution in [2.45, 2.75) is 66.2 Å². The molecule has 120 valence electrons. The molecule has 0 unspecified atom stereocenters. The molecule has 1 aromatic heterocycles. The first-order chi connectivity index (χ1) is 10.2. The number of rotatable bonds is 1.